The normalized spacial score (nSPS) is 11.6. The summed E-state index contributed by atoms with van der Waals surface area (Å²) in [6.45, 7) is 0. The maximum absolute atomic E-state index is 6.26. The van der Waals surface area contributed by atoms with Crippen LogP contribution in [-0.2, 0) is 0 Å². The smallest absolute Gasteiger partial charge is 0.153 e. The van der Waals surface area contributed by atoms with Crippen LogP contribution in [0, 0.1) is 0 Å². The van der Waals surface area contributed by atoms with Gasteiger partial charge in [0.15, 0.2) is 5.58 Å². The fraction of sp³-hybridized carbons (Fsp3) is 0. The minimum atomic E-state index is 0.795. The topological polar surface area (TPSA) is 29.3 Å². The van der Waals surface area contributed by atoms with Crippen molar-refractivity contribution in [3.63, 3.8) is 0 Å². The molecular weight excluding hydrogens is 536 g/mol. The van der Waals surface area contributed by atoms with E-state index >= 15 is 0 Å². The highest BCUT2D eigenvalue weighted by atomic mass is 16.3. The number of rotatable bonds is 4. The number of anilines is 3. The van der Waals surface area contributed by atoms with Crippen LogP contribution in [0.4, 0.5) is 17.1 Å². The molecule has 2 aromatic heterocycles. The van der Waals surface area contributed by atoms with Crippen LogP contribution in [0.15, 0.2) is 162 Å². The first-order valence-corrected chi connectivity index (χ1v) is 14.9. The van der Waals surface area contributed by atoms with E-state index in [1.54, 1.807) is 0 Å². The average Bonchev–Trinajstić information content (AvgIpc) is 3.47. The monoisotopic (exact) mass is 562 g/mol. The quantitative estimate of drug-likeness (QED) is 0.200. The highest BCUT2D eigenvalue weighted by Crippen LogP contribution is 2.41. The molecule has 9 rings (SSSR count). The lowest BCUT2D eigenvalue weighted by molar-refractivity contribution is 0.668. The Hall–Kier alpha value is -5.93. The number of hydrogen-bond acceptors (Lipinski definition) is 3. The SMILES string of the molecule is c1ccc(-c2ccc(N(c3ccc4c(ccc5ccc6ccccc6c54)c3)c3ccc4c(c3)oc3cccnc34)cc2)cc1. The standard InChI is InChI=1S/C41H26N2O/c1-2-7-27(8-3-1)28-16-18-32(19-17-28)43(34-21-23-37-39(26-34)44-38-11-6-24-42-41(37)38)33-20-22-36-31(25-33)15-14-30-13-12-29-9-4-5-10-35(29)40(30)36/h1-26H. The Morgan fingerprint density at radius 3 is 1.95 bits per heavy atom. The van der Waals surface area contributed by atoms with E-state index in [0.717, 1.165) is 39.1 Å². The van der Waals surface area contributed by atoms with Gasteiger partial charge in [0.1, 0.15) is 11.1 Å². The third-order valence-corrected chi connectivity index (χ3v) is 8.67. The third-order valence-electron chi connectivity index (χ3n) is 8.67. The zero-order valence-electron chi connectivity index (χ0n) is 23.8. The molecule has 0 unspecified atom stereocenters. The van der Waals surface area contributed by atoms with E-state index < -0.39 is 0 Å². The van der Waals surface area contributed by atoms with Gasteiger partial charge in [0.05, 0.1) is 0 Å². The first-order chi connectivity index (χ1) is 21.8. The van der Waals surface area contributed by atoms with E-state index in [2.05, 4.69) is 149 Å². The van der Waals surface area contributed by atoms with Gasteiger partial charge in [0.2, 0.25) is 0 Å². The van der Waals surface area contributed by atoms with E-state index in [1.165, 1.54) is 43.4 Å². The van der Waals surface area contributed by atoms with Crippen molar-refractivity contribution in [3.05, 3.63) is 158 Å². The van der Waals surface area contributed by atoms with Crippen LogP contribution in [0.5, 0.6) is 0 Å². The van der Waals surface area contributed by atoms with Gasteiger partial charge in [-0.05, 0) is 92.0 Å². The van der Waals surface area contributed by atoms with E-state index in [9.17, 15) is 0 Å². The van der Waals surface area contributed by atoms with Crippen molar-refractivity contribution >= 4 is 71.4 Å². The Balaban J connectivity index is 1.24. The molecule has 0 aliphatic rings. The van der Waals surface area contributed by atoms with E-state index in [4.69, 9.17) is 4.42 Å². The van der Waals surface area contributed by atoms with E-state index in [0.29, 0.717) is 0 Å². The summed E-state index contributed by atoms with van der Waals surface area (Å²) in [7, 11) is 0. The van der Waals surface area contributed by atoms with Crippen LogP contribution in [0.3, 0.4) is 0 Å². The summed E-state index contributed by atoms with van der Waals surface area (Å²) in [4.78, 5) is 6.88. The summed E-state index contributed by atoms with van der Waals surface area (Å²) in [6, 6.07) is 53.9. The molecule has 0 fully saturated rings. The highest BCUT2D eigenvalue weighted by Gasteiger charge is 2.17. The molecule has 7 aromatic carbocycles. The number of benzene rings is 7. The number of fused-ring (bicyclic) bond motifs is 8. The number of hydrogen-bond donors (Lipinski definition) is 0. The lowest BCUT2D eigenvalue weighted by atomic mass is 9.96. The maximum Gasteiger partial charge on any atom is 0.153 e. The zero-order valence-corrected chi connectivity index (χ0v) is 23.8. The summed E-state index contributed by atoms with van der Waals surface area (Å²) in [5.41, 5.74) is 8.06. The van der Waals surface area contributed by atoms with Crippen LogP contribution in [0.2, 0.25) is 0 Å². The van der Waals surface area contributed by atoms with Gasteiger partial charge in [0, 0.05) is 34.7 Å². The second-order valence-electron chi connectivity index (χ2n) is 11.2. The van der Waals surface area contributed by atoms with Gasteiger partial charge in [-0.25, -0.2) is 0 Å². The Kier molecular flexibility index (Phi) is 5.50. The molecule has 0 aliphatic heterocycles. The largest absolute Gasteiger partial charge is 0.454 e. The summed E-state index contributed by atoms with van der Waals surface area (Å²) < 4.78 is 6.26. The van der Waals surface area contributed by atoms with Gasteiger partial charge in [-0.1, -0.05) is 97.1 Å². The van der Waals surface area contributed by atoms with E-state index in [1.807, 2.05) is 18.3 Å². The molecule has 3 heteroatoms. The van der Waals surface area contributed by atoms with Crippen molar-refractivity contribution in [2.24, 2.45) is 0 Å². The first-order valence-electron chi connectivity index (χ1n) is 14.9. The molecule has 0 saturated carbocycles. The van der Waals surface area contributed by atoms with Crippen molar-refractivity contribution in [1.29, 1.82) is 0 Å². The van der Waals surface area contributed by atoms with Crippen LogP contribution in [0.1, 0.15) is 0 Å². The Labute approximate surface area is 254 Å². The van der Waals surface area contributed by atoms with Gasteiger partial charge >= 0.3 is 0 Å². The second kappa shape index (κ2) is 9.82. The Morgan fingerprint density at radius 2 is 1.09 bits per heavy atom. The van der Waals surface area contributed by atoms with Gasteiger partial charge in [-0.2, -0.15) is 0 Å². The third kappa shape index (κ3) is 3.94. The van der Waals surface area contributed by atoms with Crippen LogP contribution >= 0.6 is 0 Å². The average molecular weight is 563 g/mol. The van der Waals surface area contributed by atoms with E-state index in [-0.39, 0.29) is 0 Å². The van der Waals surface area contributed by atoms with Crippen molar-refractivity contribution < 1.29 is 4.42 Å². The fourth-order valence-electron chi connectivity index (χ4n) is 6.57. The number of nitrogens with zero attached hydrogens (tertiary/aromatic N) is 2. The summed E-state index contributed by atoms with van der Waals surface area (Å²) in [5.74, 6) is 0. The van der Waals surface area contributed by atoms with Crippen molar-refractivity contribution in [3.8, 4) is 11.1 Å². The van der Waals surface area contributed by atoms with Crippen molar-refractivity contribution in [2.75, 3.05) is 4.90 Å². The zero-order chi connectivity index (χ0) is 29.0. The molecule has 0 spiro atoms. The summed E-state index contributed by atoms with van der Waals surface area (Å²) in [5, 5.41) is 8.54. The molecule has 0 aliphatic carbocycles. The fourth-order valence-corrected chi connectivity index (χ4v) is 6.57. The van der Waals surface area contributed by atoms with Gasteiger partial charge < -0.3 is 9.32 Å². The summed E-state index contributed by atoms with van der Waals surface area (Å²) >= 11 is 0. The molecule has 0 bridgehead atoms. The lowest BCUT2D eigenvalue weighted by Crippen LogP contribution is -2.09. The molecule has 44 heavy (non-hydrogen) atoms. The molecule has 0 amide bonds. The molecule has 0 radical (unpaired) electrons. The Morgan fingerprint density at radius 1 is 0.432 bits per heavy atom. The van der Waals surface area contributed by atoms with Crippen molar-refractivity contribution in [1.82, 2.24) is 4.98 Å². The Bertz CT molecular complexity index is 2490. The first kappa shape index (κ1) is 24.6. The minimum absolute atomic E-state index is 0.795. The van der Waals surface area contributed by atoms with Crippen LogP contribution in [0.25, 0.3) is 65.5 Å². The molecule has 3 nitrogen and oxygen atoms in total. The number of furan rings is 1. The highest BCUT2D eigenvalue weighted by molar-refractivity contribution is 6.20. The van der Waals surface area contributed by atoms with Gasteiger partial charge in [0.25, 0.3) is 0 Å². The predicted molar refractivity (Wildman–Crippen MR) is 184 cm³/mol. The minimum Gasteiger partial charge on any atom is -0.454 e. The van der Waals surface area contributed by atoms with Crippen LogP contribution < -0.4 is 4.90 Å². The van der Waals surface area contributed by atoms with Gasteiger partial charge in [-0.15, -0.1) is 0 Å². The molecule has 206 valence electrons. The van der Waals surface area contributed by atoms with Crippen LogP contribution in [-0.4, -0.2) is 4.98 Å². The molecule has 0 atom stereocenters. The molecule has 9 aromatic rings. The maximum atomic E-state index is 6.26. The number of pyridine rings is 1. The molecule has 0 N–H and O–H groups in total. The van der Waals surface area contributed by atoms with Crippen molar-refractivity contribution in [2.45, 2.75) is 0 Å². The molecular formula is C41H26N2O. The summed E-state index contributed by atoms with van der Waals surface area (Å²) in [6.07, 6.45) is 1.81. The molecule has 0 saturated heterocycles. The number of aromatic nitrogens is 1. The van der Waals surface area contributed by atoms with Gasteiger partial charge in [-0.3, -0.25) is 4.98 Å². The second-order valence-corrected chi connectivity index (χ2v) is 11.2. The predicted octanol–water partition coefficient (Wildman–Crippen LogP) is 11.6. The molecule has 2 heterocycles. The lowest BCUT2D eigenvalue weighted by Gasteiger charge is -2.26.